The Balaban J connectivity index is 2.22. The molecule has 1 aromatic rings. The molecule has 0 N–H and O–H groups in total. The predicted octanol–water partition coefficient (Wildman–Crippen LogP) is 1.87. The summed E-state index contributed by atoms with van der Waals surface area (Å²) in [5, 5.41) is 0.999. The van der Waals surface area contributed by atoms with E-state index in [9.17, 15) is 4.79 Å². The van der Waals surface area contributed by atoms with E-state index in [1.807, 2.05) is 0 Å². The van der Waals surface area contributed by atoms with Crippen LogP contribution >= 0.6 is 15.9 Å². The first-order valence-corrected chi connectivity index (χ1v) is 7.24. The number of hydrogen-bond donors (Lipinski definition) is 0. The van der Waals surface area contributed by atoms with Crippen LogP contribution in [-0.2, 0) is 6.54 Å². The summed E-state index contributed by atoms with van der Waals surface area (Å²) in [5.41, 5.74) is 0.0459. The number of hydrogen-bond acceptors (Lipinski definition) is 3. The van der Waals surface area contributed by atoms with Crippen molar-refractivity contribution in [3.8, 4) is 0 Å². The molecule has 1 aliphatic heterocycles. The Morgan fingerprint density at radius 1 is 1.59 bits per heavy atom. The summed E-state index contributed by atoms with van der Waals surface area (Å²) in [6, 6.07) is 0. The van der Waals surface area contributed by atoms with Crippen LogP contribution < -0.4 is 10.5 Å². The molecule has 94 valence electrons. The molecule has 1 aromatic heterocycles. The summed E-state index contributed by atoms with van der Waals surface area (Å²) in [4.78, 5) is 18.5. The maximum Gasteiger partial charge on any atom is 0.293 e. The highest BCUT2D eigenvalue weighted by molar-refractivity contribution is 9.09. The molecule has 1 fully saturated rings. The van der Waals surface area contributed by atoms with Crippen LogP contribution in [0.4, 0.5) is 5.82 Å². The van der Waals surface area contributed by atoms with Crippen molar-refractivity contribution in [2.75, 3.05) is 23.3 Å². The first-order valence-electron chi connectivity index (χ1n) is 6.12. The molecule has 17 heavy (non-hydrogen) atoms. The first-order chi connectivity index (χ1) is 8.26. The van der Waals surface area contributed by atoms with Crippen LogP contribution in [0, 0.1) is 5.92 Å². The molecule has 0 saturated carbocycles. The number of rotatable bonds is 4. The van der Waals surface area contributed by atoms with Crippen LogP contribution in [-0.4, -0.2) is 28.0 Å². The Morgan fingerprint density at radius 3 is 3.06 bits per heavy atom. The van der Waals surface area contributed by atoms with Crippen molar-refractivity contribution in [2.24, 2.45) is 5.92 Å². The molecule has 1 saturated heterocycles. The summed E-state index contributed by atoms with van der Waals surface area (Å²) in [5.74, 6) is 1.25. The third kappa shape index (κ3) is 2.70. The minimum Gasteiger partial charge on any atom is -0.352 e. The van der Waals surface area contributed by atoms with Crippen molar-refractivity contribution in [3.05, 3.63) is 22.7 Å². The Kier molecular flexibility index (Phi) is 4.20. The van der Waals surface area contributed by atoms with Crippen LogP contribution in [0.15, 0.2) is 17.2 Å². The van der Waals surface area contributed by atoms with Gasteiger partial charge in [-0.15, -0.1) is 0 Å². The van der Waals surface area contributed by atoms with Crippen molar-refractivity contribution in [1.29, 1.82) is 0 Å². The van der Waals surface area contributed by atoms with Crippen LogP contribution in [0.1, 0.15) is 19.8 Å². The average molecular weight is 300 g/mol. The summed E-state index contributed by atoms with van der Waals surface area (Å²) in [6.45, 7) is 4.71. The minimum absolute atomic E-state index is 0.0459. The summed E-state index contributed by atoms with van der Waals surface area (Å²) in [7, 11) is 0. The van der Waals surface area contributed by atoms with Gasteiger partial charge in [0.25, 0.3) is 5.56 Å². The lowest BCUT2D eigenvalue weighted by Crippen LogP contribution is -2.32. The molecule has 5 heteroatoms. The topological polar surface area (TPSA) is 38.1 Å². The SMILES string of the molecule is CCCn1ccnc(N2CCC(CBr)C2)c1=O. The highest BCUT2D eigenvalue weighted by Gasteiger charge is 2.24. The molecule has 2 rings (SSSR count). The molecule has 0 radical (unpaired) electrons. The van der Waals surface area contributed by atoms with Gasteiger partial charge in [0.15, 0.2) is 5.82 Å². The Labute approximate surface area is 110 Å². The van der Waals surface area contributed by atoms with Crippen molar-refractivity contribution in [1.82, 2.24) is 9.55 Å². The number of halogens is 1. The van der Waals surface area contributed by atoms with E-state index in [4.69, 9.17) is 0 Å². The van der Waals surface area contributed by atoms with E-state index >= 15 is 0 Å². The molecule has 0 aliphatic carbocycles. The normalized spacial score (nSPS) is 19.9. The molecule has 1 aliphatic rings. The van der Waals surface area contributed by atoms with Crippen molar-refractivity contribution >= 4 is 21.7 Å². The lowest BCUT2D eigenvalue weighted by Gasteiger charge is -2.17. The monoisotopic (exact) mass is 299 g/mol. The van der Waals surface area contributed by atoms with Gasteiger partial charge in [0.1, 0.15) is 0 Å². The van der Waals surface area contributed by atoms with Gasteiger partial charge >= 0.3 is 0 Å². The van der Waals surface area contributed by atoms with Gasteiger partial charge in [0, 0.05) is 37.4 Å². The fourth-order valence-corrected chi connectivity index (χ4v) is 2.75. The molecule has 0 spiro atoms. The zero-order valence-electron chi connectivity index (χ0n) is 10.1. The number of nitrogens with zero attached hydrogens (tertiary/aromatic N) is 3. The summed E-state index contributed by atoms with van der Waals surface area (Å²) >= 11 is 3.50. The van der Waals surface area contributed by atoms with E-state index < -0.39 is 0 Å². The zero-order chi connectivity index (χ0) is 12.3. The zero-order valence-corrected chi connectivity index (χ0v) is 11.7. The fourth-order valence-electron chi connectivity index (χ4n) is 2.22. The smallest absolute Gasteiger partial charge is 0.293 e. The second-order valence-electron chi connectivity index (χ2n) is 4.50. The fraction of sp³-hybridized carbons (Fsp3) is 0.667. The number of anilines is 1. The molecular formula is C12H18BrN3O. The first kappa shape index (κ1) is 12.6. The Morgan fingerprint density at radius 2 is 2.41 bits per heavy atom. The quantitative estimate of drug-likeness (QED) is 0.797. The van der Waals surface area contributed by atoms with Gasteiger partial charge in [-0.1, -0.05) is 22.9 Å². The van der Waals surface area contributed by atoms with Gasteiger partial charge < -0.3 is 9.47 Å². The molecular weight excluding hydrogens is 282 g/mol. The molecule has 1 atom stereocenters. The van der Waals surface area contributed by atoms with Crippen molar-refractivity contribution in [2.45, 2.75) is 26.3 Å². The largest absolute Gasteiger partial charge is 0.352 e. The van der Waals surface area contributed by atoms with E-state index in [1.54, 1.807) is 17.0 Å². The molecule has 4 nitrogen and oxygen atoms in total. The molecule has 0 amide bonds. The lowest BCUT2D eigenvalue weighted by molar-refractivity contribution is 0.642. The molecule has 1 unspecified atom stereocenters. The van der Waals surface area contributed by atoms with Crippen LogP contribution in [0.5, 0.6) is 0 Å². The lowest BCUT2D eigenvalue weighted by atomic mass is 10.2. The van der Waals surface area contributed by atoms with Gasteiger partial charge in [0.2, 0.25) is 0 Å². The van der Waals surface area contributed by atoms with E-state index in [1.165, 1.54) is 0 Å². The maximum absolute atomic E-state index is 12.2. The van der Waals surface area contributed by atoms with Gasteiger partial charge in [-0.3, -0.25) is 4.79 Å². The van der Waals surface area contributed by atoms with Crippen molar-refractivity contribution in [3.63, 3.8) is 0 Å². The second kappa shape index (κ2) is 5.67. The number of aromatic nitrogens is 2. The van der Waals surface area contributed by atoms with Gasteiger partial charge in [-0.25, -0.2) is 4.98 Å². The van der Waals surface area contributed by atoms with Crippen molar-refractivity contribution < 1.29 is 0 Å². The number of alkyl halides is 1. The Bertz CT molecular complexity index is 432. The summed E-state index contributed by atoms with van der Waals surface area (Å²) < 4.78 is 1.75. The van der Waals surface area contributed by atoms with Gasteiger partial charge in [0.05, 0.1) is 0 Å². The van der Waals surface area contributed by atoms with Gasteiger partial charge in [-0.05, 0) is 18.8 Å². The van der Waals surface area contributed by atoms with Crippen LogP contribution in [0.3, 0.4) is 0 Å². The third-order valence-electron chi connectivity index (χ3n) is 3.16. The van der Waals surface area contributed by atoms with Crippen LogP contribution in [0.25, 0.3) is 0 Å². The highest BCUT2D eigenvalue weighted by atomic mass is 79.9. The standard InChI is InChI=1S/C12H18BrN3O/c1-2-5-15-7-4-14-11(12(15)17)16-6-3-10(8-13)9-16/h4,7,10H,2-3,5-6,8-9H2,1H3. The third-order valence-corrected chi connectivity index (χ3v) is 4.08. The maximum atomic E-state index is 12.2. The summed E-state index contributed by atoms with van der Waals surface area (Å²) in [6.07, 6.45) is 5.60. The molecule has 0 aromatic carbocycles. The average Bonchev–Trinajstić information content (AvgIpc) is 2.80. The second-order valence-corrected chi connectivity index (χ2v) is 5.15. The Hall–Kier alpha value is -0.840. The molecule has 0 bridgehead atoms. The van der Waals surface area contributed by atoms with Gasteiger partial charge in [-0.2, -0.15) is 0 Å². The molecule has 2 heterocycles. The number of aryl methyl sites for hydroxylation is 1. The van der Waals surface area contributed by atoms with Crippen LogP contribution in [0.2, 0.25) is 0 Å². The van der Waals surface area contributed by atoms with E-state index in [2.05, 4.69) is 32.7 Å². The van der Waals surface area contributed by atoms with E-state index in [0.717, 1.165) is 37.8 Å². The predicted molar refractivity (Wildman–Crippen MR) is 72.9 cm³/mol. The van der Waals surface area contributed by atoms with E-state index in [0.29, 0.717) is 11.7 Å². The minimum atomic E-state index is 0.0459. The highest BCUT2D eigenvalue weighted by Crippen LogP contribution is 2.20. The van der Waals surface area contributed by atoms with E-state index in [-0.39, 0.29) is 5.56 Å².